The first kappa shape index (κ1) is 43.4. The molecule has 0 aromatic carbocycles. The summed E-state index contributed by atoms with van der Waals surface area (Å²) in [6, 6.07) is 0. The van der Waals surface area contributed by atoms with Crippen molar-refractivity contribution in [3.8, 4) is 0 Å². The molecular formula is C39H66N6O9. The second kappa shape index (κ2) is 19.0. The van der Waals surface area contributed by atoms with Gasteiger partial charge in [0.05, 0.1) is 5.41 Å². The number of rotatable bonds is 25. The van der Waals surface area contributed by atoms with Crippen LogP contribution in [0.15, 0.2) is 0 Å². The van der Waals surface area contributed by atoms with Gasteiger partial charge in [0.15, 0.2) is 0 Å². The highest BCUT2D eigenvalue weighted by Gasteiger charge is 2.79. The molecule has 4 rings (SSSR count). The molecule has 0 radical (unpaired) electrons. The molecule has 0 heterocycles. The van der Waals surface area contributed by atoms with E-state index >= 15 is 0 Å². The Kier molecular flexibility index (Phi) is 15.3. The number of carbonyl (C=O) groups excluding carboxylic acids is 6. The van der Waals surface area contributed by atoms with Gasteiger partial charge >= 0.3 is 0 Å². The Balaban J connectivity index is 0.936. The normalized spacial score (nSPS) is 27.1. The SMILES string of the molecule is CC(=O)N(O)CCCCCNC(=O)CCC(=O)N(O)CCCCCNC(=O)CCC(=O)N(O)CCCCCNC(=O)C12CC3(C)CC4CC(C)(C1)C4(C3)C2. The van der Waals surface area contributed by atoms with Crippen molar-refractivity contribution in [1.29, 1.82) is 0 Å². The molecule has 6 amide bonds. The van der Waals surface area contributed by atoms with E-state index in [0.717, 1.165) is 38.0 Å². The smallest absolute Gasteiger partial charge is 0.246 e. The molecule has 0 aliphatic heterocycles. The second-order valence-corrected chi connectivity index (χ2v) is 17.4. The largest absolute Gasteiger partial charge is 0.356 e. The maximum absolute atomic E-state index is 13.5. The van der Waals surface area contributed by atoms with Gasteiger partial charge in [-0.05, 0) is 118 Å². The van der Waals surface area contributed by atoms with Crippen LogP contribution in [0, 0.1) is 27.6 Å². The number of nitrogens with one attached hydrogen (secondary N) is 3. The summed E-state index contributed by atoms with van der Waals surface area (Å²) in [7, 11) is 0. The number of carbonyl (C=O) groups is 6. The average molecular weight is 763 g/mol. The lowest BCUT2D eigenvalue weighted by atomic mass is 9.47. The van der Waals surface area contributed by atoms with Crippen LogP contribution in [0.25, 0.3) is 0 Å². The zero-order chi connectivity index (χ0) is 39.6. The molecule has 54 heavy (non-hydrogen) atoms. The molecule has 6 N–H and O–H groups in total. The fourth-order valence-corrected chi connectivity index (χ4v) is 10.6. The standard InChI is InChI=1S/C39H66N6O9/c1-29(46)43(52)20-10-4-7-17-40-31(47)13-15-33(49)44(53)21-11-5-8-18-41-32(48)14-16-34(50)45(54)22-12-6-9-19-42-35(51)38-25-36(2)23-30-24-37(3,27-38)39(30,26-36)28-38/h30,52-54H,4-28H2,1-3H3,(H,40,47)(H,41,48)(H,42,51). The summed E-state index contributed by atoms with van der Waals surface area (Å²) >= 11 is 0. The lowest BCUT2D eigenvalue weighted by molar-refractivity contribution is -0.166. The fraction of sp³-hybridized carbons (Fsp3) is 0.846. The number of hydrogen-bond acceptors (Lipinski definition) is 9. The third-order valence-electron chi connectivity index (χ3n) is 12.9. The summed E-state index contributed by atoms with van der Waals surface area (Å²) in [4.78, 5) is 73.0. The molecule has 5 unspecified atom stereocenters. The predicted molar refractivity (Wildman–Crippen MR) is 197 cm³/mol. The fourth-order valence-electron chi connectivity index (χ4n) is 10.6. The molecule has 0 saturated heterocycles. The van der Waals surface area contributed by atoms with Crippen molar-refractivity contribution in [3.63, 3.8) is 0 Å². The van der Waals surface area contributed by atoms with Crippen molar-refractivity contribution in [3.05, 3.63) is 0 Å². The molecule has 0 aromatic rings. The first-order chi connectivity index (χ1) is 25.5. The molecule has 4 fully saturated rings. The lowest BCUT2D eigenvalue weighted by Crippen LogP contribution is -2.50. The number of fused-ring (bicyclic) bond motifs is 2. The van der Waals surface area contributed by atoms with Crippen LogP contribution in [0.1, 0.15) is 143 Å². The summed E-state index contributed by atoms with van der Waals surface area (Å²) in [6.07, 6.45) is 12.5. The van der Waals surface area contributed by atoms with Crippen LogP contribution in [0.5, 0.6) is 0 Å². The molecular weight excluding hydrogens is 696 g/mol. The van der Waals surface area contributed by atoms with E-state index < -0.39 is 17.7 Å². The lowest BCUT2D eigenvalue weighted by Gasteiger charge is -2.57. The van der Waals surface area contributed by atoms with Gasteiger partial charge in [-0.3, -0.25) is 44.4 Å². The molecule has 4 aliphatic carbocycles. The Bertz CT molecular complexity index is 1360. The first-order valence-corrected chi connectivity index (χ1v) is 20.3. The van der Waals surface area contributed by atoms with Crippen molar-refractivity contribution in [1.82, 2.24) is 31.1 Å². The van der Waals surface area contributed by atoms with Crippen LogP contribution < -0.4 is 16.0 Å². The number of hydrogen-bond donors (Lipinski definition) is 6. The zero-order valence-corrected chi connectivity index (χ0v) is 32.9. The van der Waals surface area contributed by atoms with Gasteiger partial charge in [-0.15, -0.1) is 0 Å². The highest BCUT2D eigenvalue weighted by atomic mass is 16.5. The molecule has 0 aromatic heterocycles. The number of nitrogens with zero attached hydrogens (tertiary/aromatic N) is 3. The van der Waals surface area contributed by atoms with Gasteiger partial charge in [0.1, 0.15) is 0 Å². The van der Waals surface area contributed by atoms with Crippen molar-refractivity contribution >= 4 is 35.4 Å². The summed E-state index contributed by atoms with van der Waals surface area (Å²) < 4.78 is 0. The summed E-state index contributed by atoms with van der Waals surface area (Å²) in [5.41, 5.74) is 0.812. The third kappa shape index (κ3) is 10.9. The van der Waals surface area contributed by atoms with E-state index in [-0.39, 0.29) is 68.5 Å². The Hall–Kier alpha value is -3.30. The molecule has 15 heteroatoms. The molecule has 1 spiro atoms. The van der Waals surface area contributed by atoms with Gasteiger partial charge in [0, 0.05) is 71.9 Å². The van der Waals surface area contributed by atoms with Crippen LogP contribution in [0.4, 0.5) is 0 Å². The Morgan fingerprint density at radius 3 is 1.56 bits per heavy atom. The minimum absolute atomic E-state index is 0.0418. The first-order valence-electron chi connectivity index (χ1n) is 20.3. The molecule has 4 aliphatic rings. The molecule has 5 atom stereocenters. The summed E-state index contributed by atoms with van der Waals surface area (Å²) in [5, 5.41) is 40.1. The number of amides is 6. The zero-order valence-electron chi connectivity index (χ0n) is 32.9. The van der Waals surface area contributed by atoms with Gasteiger partial charge in [0.25, 0.3) is 0 Å². The monoisotopic (exact) mass is 762 g/mol. The highest BCUT2D eigenvalue weighted by Crippen LogP contribution is 2.86. The van der Waals surface area contributed by atoms with Crippen molar-refractivity contribution in [2.45, 2.75) is 143 Å². The quantitative estimate of drug-likeness (QED) is 0.0449. The molecule has 306 valence electrons. The minimum atomic E-state index is -0.552. The second-order valence-electron chi connectivity index (χ2n) is 17.4. The number of unbranched alkanes of at least 4 members (excludes halogenated alkanes) is 6. The summed E-state index contributed by atoms with van der Waals surface area (Å²) in [5.74, 6) is -1.04. The average Bonchev–Trinajstić information content (AvgIpc) is 3.40. The molecule has 15 nitrogen and oxygen atoms in total. The predicted octanol–water partition coefficient (Wildman–Crippen LogP) is 4.08. The Morgan fingerprint density at radius 2 is 1.06 bits per heavy atom. The maximum Gasteiger partial charge on any atom is 0.246 e. The van der Waals surface area contributed by atoms with E-state index in [1.54, 1.807) is 0 Å². The van der Waals surface area contributed by atoms with Gasteiger partial charge in [-0.2, -0.15) is 0 Å². The van der Waals surface area contributed by atoms with Gasteiger partial charge in [-0.1, -0.05) is 13.8 Å². The van der Waals surface area contributed by atoms with E-state index in [0.29, 0.717) is 96.0 Å². The van der Waals surface area contributed by atoms with Crippen LogP contribution in [-0.4, -0.2) is 106 Å². The number of hydroxylamine groups is 6. The van der Waals surface area contributed by atoms with E-state index in [9.17, 15) is 44.4 Å². The van der Waals surface area contributed by atoms with E-state index in [2.05, 4.69) is 29.8 Å². The van der Waals surface area contributed by atoms with E-state index in [4.69, 9.17) is 0 Å². The topological polar surface area (TPSA) is 209 Å². The van der Waals surface area contributed by atoms with Crippen molar-refractivity contribution in [2.75, 3.05) is 39.3 Å². The summed E-state index contributed by atoms with van der Waals surface area (Å²) in [6.45, 7) is 7.99. The van der Waals surface area contributed by atoms with Crippen LogP contribution in [0.3, 0.4) is 0 Å². The third-order valence-corrected chi connectivity index (χ3v) is 12.9. The van der Waals surface area contributed by atoms with Crippen LogP contribution in [0.2, 0.25) is 0 Å². The Labute approximate surface area is 320 Å². The van der Waals surface area contributed by atoms with E-state index in [1.165, 1.54) is 26.2 Å². The molecule has 3 bridgehead atoms. The minimum Gasteiger partial charge on any atom is -0.356 e. The Morgan fingerprint density at radius 1 is 0.574 bits per heavy atom. The highest BCUT2D eigenvalue weighted by molar-refractivity contribution is 5.85. The van der Waals surface area contributed by atoms with Crippen molar-refractivity contribution in [2.24, 2.45) is 27.6 Å². The van der Waals surface area contributed by atoms with Crippen LogP contribution >= 0.6 is 0 Å². The van der Waals surface area contributed by atoms with Gasteiger partial charge in [-0.25, -0.2) is 15.2 Å². The van der Waals surface area contributed by atoms with Crippen molar-refractivity contribution < 1.29 is 44.4 Å². The maximum atomic E-state index is 13.5. The van der Waals surface area contributed by atoms with Gasteiger partial charge < -0.3 is 16.0 Å². The van der Waals surface area contributed by atoms with Crippen LogP contribution in [-0.2, 0) is 28.8 Å². The van der Waals surface area contributed by atoms with E-state index in [1.807, 2.05) is 0 Å². The van der Waals surface area contributed by atoms with Gasteiger partial charge in [0.2, 0.25) is 35.4 Å². The molecule has 4 saturated carbocycles.